The van der Waals surface area contributed by atoms with Crippen LogP contribution in [0.15, 0.2) is 48.5 Å². The lowest BCUT2D eigenvalue weighted by molar-refractivity contribution is -0.130. The SMILES string of the molecule is CC(C)(C)OC(=O)Nc1ccc(CC(=O)N2CCCN(c3nc4ccccc4[nH]3)CC2)cc1. The van der Waals surface area contributed by atoms with Crippen LogP contribution >= 0.6 is 0 Å². The number of ether oxygens (including phenoxy) is 1. The van der Waals surface area contributed by atoms with Gasteiger partial charge < -0.3 is 19.5 Å². The Labute approximate surface area is 193 Å². The number of hydrogen-bond donors (Lipinski definition) is 2. The number of aromatic amines is 1. The van der Waals surface area contributed by atoms with Crippen LogP contribution in [-0.4, -0.2) is 58.6 Å². The van der Waals surface area contributed by atoms with E-state index in [4.69, 9.17) is 9.72 Å². The first-order valence-electron chi connectivity index (χ1n) is 11.3. The van der Waals surface area contributed by atoms with Crippen LogP contribution in [0.1, 0.15) is 32.8 Å². The average molecular weight is 450 g/mol. The minimum absolute atomic E-state index is 0.106. The fourth-order valence-electron chi connectivity index (χ4n) is 3.88. The molecule has 0 unspecified atom stereocenters. The van der Waals surface area contributed by atoms with Crippen LogP contribution in [0.3, 0.4) is 0 Å². The summed E-state index contributed by atoms with van der Waals surface area (Å²) in [6.45, 7) is 8.45. The van der Waals surface area contributed by atoms with E-state index in [9.17, 15) is 9.59 Å². The highest BCUT2D eigenvalue weighted by Crippen LogP contribution is 2.19. The van der Waals surface area contributed by atoms with E-state index in [1.807, 2.05) is 62.1 Å². The topological polar surface area (TPSA) is 90.6 Å². The number of amides is 2. The highest BCUT2D eigenvalue weighted by atomic mass is 16.6. The maximum Gasteiger partial charge on any atom is 0.412 e. The summed E-state index contributed by atoms with van der Waals surface area (Å²) in [5, 5.41) is 2.71. The summed E-state index contributed by atoms with van der Waals surface area (Å²) in [6.07, 6.45) is 0.726. The van der Waals surface area contributed by atoms with Crippen LogP contribution < -0.4 is 10.2 Å². The molecule has 174 valence electrons. The van der Waals surface area contributed by atoms with Gasteiger partial charge in [-0.1, -0.05) is 24.3 Å². The minimum Gasteiger partial charge on any atom is -0.444 e. The molecule has 1 aliphatic rings. The zero-order valence-corrected chi connectivity index (χ0v) is 19.4. The Morgan fingerprint density at radius 1 is 1.03 bits per heavy atom. The van der Waals surface area contributed by atoms with Gasteiger partial charge in [0, 0.05) is 31.9 Å². The van der Waals surface area contributed by atoms with Crippen molar-refractivity contribution in [3.05, 3.63) is 54.1 Å². The standard InChI is InChI=1S/C25H31N5O3/c1-25(2,3)33-24(32)26-19-11-9-18(10-12-19)17-22(31)29-13-6-14-30(16-15-29)23-27-20-7-4-5-8-21(20)28-23/h4-5,7-12H,6,13-17H2,1-3H3,(H,26,32)(H,27,28). The molecule has 1 aromatic heterocycles. The van der Waals surface area contributed by atoms with Crippen molar-refractivity contribution in [3.8, 4) is 0 Å². The van der Waals surface area contributed by atoms with Crippen LogP contribution in [-0.2, 0) is 16.0 Å². The summed E-state index contributed by atoms with van der Waals surface area (Å²) < 4.78 is 5.26. The molecule has 0 spiro atoms. The Bertz CT molecular complexity index is 1080. The first kappa shape index (κ1) is 22.6. The van der Waals surface area contributed by atoms with Gasteiger partial charge in [-0.2, -0.15) is 0 Å². The summed E-state index contributed by atoms with van der Waals surface area (Å²) in [5.74, 6) is 0.966. The number of H-pyrrole nitrogens is 1. The zero-order valence-electron chi connectivity index (χ0n) is 19.4. The number of imidazole rings is 1. The number of fused-ring (bicyclic) bond motifs is 1. The fourth-order valence-corrected chi connectivity index (χ4v) is 3.88. The Morgan fingerprint density at radius 3 is 2.52 bits per heavy atom. The molecule has 2 heterocycles. The van der Waals surface area contributed by atoms with Gasteiger partial charge >= 0.3 is 6.09 Å². The highest BCUT2D eigenvalue weighted by molar-refractivity contribution is 5.85. The molecule has 1 saturated heterocycles. The van der Waals surface area contributed by atoms with E-state index in [0.29, 0.717) is 18.7 Å². The number of benzene rings is 2. The van der Waals surface area contributed by atoms with E-state index in [1.165, 1.54) is 0 Å². The number of para-hydroxylation sites is 2. The van der Waals surface area contributed by atoms with E-state index < -0.39 is 11.7 Å². The predicted molar refractivity (Wildman–Crippen MR) is 130 cm³/mol. The lowest BCUT2D eigenvalue weighted by Gasteiger charge is -2.22. The number of rotatable bonds is 4. The number of anilines is 2. The third-order valence-electron chi connectivity index (χ3n) is 5.48. The second kappa shape index (κ2) is 9.52. The van der Waals surface area contributed by atoms with Crippen LogP contribution in [0.4, 0.5) is 16.4 Å². The van der Waals surface area contributed by atoms with Crippen LogP contribution in [0.2, 0.25) is 0 Å². The number of nitrogens with one attached hydrogen (secondary N) is 2. The molecule has 0 radical (unpaired) electrons. The minimum atomic E-state index is -0.552. The molecule has 1 aliphatic heterocycles. The van der Waals surface area contributed by atoms with Gasteiger partial charge in [-0.05, 0) is 57.0 Å². The van der Waals surface area contributed by atoms with Crippen molar-refractivity contribution in [2.75, 3.05) is 36.4 Å². The summed E-state index contributed by atoms with van der Waals surface area (Å²) in [6, 6.07) is 15.3. The van der Waals surface area contributed by atoms with Crippen LogP contribution in [0.5, 0.6) is 0 Å². The summed E-state index contributed by atoms with van der Waals surface area (Å²) in [7, 11) is 0. The van der Waals surface area contributed by atoms with Gasteiger partial charge in [-0.15, -0.1) is 0 Å². The van der Waals surface area contributed by atoms with Gasteiger partial charge in [-0.3, -0.25) is 10.1 Å². The summed E-state index contributed by atoms with van der Waals surface area (Å²) >= 11 is 0. The van der Waals surface area contributed by atoms with Crippen molar-refractivity contribution in [3.63, 3.8) is 0 Å². The average Bonchev–Trinajstić information content (AvgIpc) is 3.03. The normalized spacial score (nSPS) is 14.8. The first-order chi connectivity index (χ1) is 15.8. The van der Waals surface area contributed by atoms with E-state index >= 15 is 0 Å². The molecule has 8 heteroatoms. The van der Waals surface area contributed by atoms with Crippen molar-refractivity contribution in [2.45, 2.75) is 39.2 Å². The second-order valence-corrected chi connectivity index (χ2v) is 9.30. The summed E-state index contributed by atoms with van der Waals surface area (Å²) in [4.78, 5) is 37.0. The Kier molecular flexibility index (Phi) is 6.53. The maximum absolute atomic E-state index is 12.9. The molecular formula is C25H31N5O3. The van der Waals surface area contributed by atoms with Gasteiger partial charge in [0.1, 0.15) is 5.60 Å². The first-order valence-corrected chi connectivity index (χ1v) is 11.3. The monoisotopic (exact) mass is 449 g/mol. The lowest BCUT2D eigenvalue weighted by atomic mass is 10.1. The Hall–Kier alpha value is -3.55. The number of carbonyl (C=O) groups is 2. The Balaban J connectivity index is 1.31. The molecule has 8 nitrogen and oxygen atoms in total. The van der Waals surface area contributed by atoms with Crippen molar-refractivity contribution in [2.24, 2.45) is 0 Å². The smallest absolute Gasteiger partial charge is 0.412 e. The quantitative estimate of drug-likeness (QED) is 0.623. The van der Waals surface area contributed by atoms with Gasteiger partial charge in [0.05, 0.1) is 17.5 Å². The van der Waals surface area contributed by atoms with Gasteiger partial charge in [0.2, 0.25) is 11.9 Å². The van der Waals surface area contributed by atoms with Crippen LogP contribution in [0.25, 0.3) is 11.0 Å². The van der Waals surface area contributed by atoms with E-state index in [-0.39, 0.29) is 5.91 Å². The molecule has 4 rings (SSSR count). The molecule has 2 aromatic carbocycles. The largest absolute Gasteiger partial charge is 0.444 e. The molecule has 2 N–H and O–H groups in total. The maximum atomic E-state index is 12.9. The van der Waals surface area contributed by atoms with E-state index in [1.54, 1.807) is 12.1 Å². The molecule has 2 amide bonds. The third-order valence-corrected chi connectivity index (χ3v) is 5.48. The number of aromatic nitrogens is 2. The summed E-state index contributed by atoms with van der Waals surface area (Å²) in [5.41, 5.74) is 2.97. The third kappa shape index (κ3) is 6.03. The second-order valence-electron chi connectivity index (χ2n) is 9.30. The molecule has 0 saturated carbocycles. The van der Waals surface area contributed by atoms with Crippen LogP contribution in [0, 0.1) is 0 Å². The number of carbonyl (C=O) groups excluding carboxylic acids is 2. The zero-order chi connectivity index (χ0) is 23.4. The Morgan fingerprint density at radius 2 is 1.79 bits per heavy atom. The van der Waals surface area contributed by atoms with Crippen molar-refractivity contribution >= 4 is 34.7 Å². The molecule has 0 bridgehead atoms. The van der Waals surface area contributed by atoms with E-state index in [0.717, 1.165) is 48.6 Å². The van der Waals surface area contributed by atoms with Crippen molar-refractivity contribution in [1.82, 2.24) is 14.9 Å². The fraction of sp³-hybridized carbons (Fsp3) is 0.400. The number of hydrogen-bond acceptors (Lipinski definition) is 5. The molecule has 33 heavy (non-hydrogen) atoms. The molecule has 1 fully saturated rings. The molecule has 3 aromatic rings. The van der Waals surface area contributed by atoms with E-state index in [2.05, 4.69) is 15.2 Å². The molecule has 0 atom stereocenters. The van der Waals surface area contributed by atoms with Gasteiger partial charge in [0.25, 0.3) is 0 Å². The van der Waals surface area contributed by atoms with Gasteiger partial charge in [-0.25, -0.2) is 9.78 Å². The van der Waals surface area contributed by atoms with Crippen molar-refractivity contribution < 1.29 is 14.3 Å². The predicted octanol–water partition coefficient (Wildman–Crippen LogP) is 4.19. The highest BCUT2D eigenvalue weighted by Gasteiger charge is 2.21. The van der Waals surface area contributed by atoms with Crippen molar-refractivity contribution in [1.29, 1.82) is 0 Å². The van der Waals surface area contributed by atoms with Gasteiger partial charge in [0.15, 0.2) is 0 Å². The molecular weight excluding hydrogens is 418 g/mol. The number of nitrogens with zero attached hydrogens (tertiary/aromatic N) is 3. The molecule has 0 aliphatic carbocycles. The lowest BCUT2D eigenvalue weighted by Crippen LogP contribution is -2.36.